The number of hydrogen-bond acceptors (Lipinski definition) is 4. The van der Waals surface area contributed by atoms with Crippen LogP contribution < -0.4 is 10.2 Å². The summed E-state index contributed by atoms with van der Waals surface area (Å²) in [6, 6.07) is 0. The zero-order chi connectivity index (χ0) is 15.3. The van der Waals surface area contributed by atoms with Crippen molar-refractivity contribution in [3.05, 3.63) is 11.3 Å². The number of aliphatic hydroxyl groups excluding tert-OH is 1. The van der Waals surface area contributed by atoms with Crippen molar-refractivity contribution >= 4 is 5.82 Å². The van der Waals surface area contributed by atoms with Crippen molar-refractivity contribution in [3.63, 3.8) is 0 Å². The van der Waals surface area contributed by atoms with Crippen molar-refractivity contribution in [2.75, 3.05) is 24.6 Å². The van der Waals surface area contributed by atoms with Gasteiger partial charge >= 0.3 is 0 Å². The first kappa shape index (κ1) is 17.0. The number of rotatable bonds is 7. The molecule has 2 N–H and O–H groups in total. The van der Waals surface area contributed by atoms with Crippen molar-refractivity contribution in [2.24, 2.45) is 7.05 Å². The Morgan fingerprint density at radius 3 is 2.45 bits per heavy atom. The minimum Gasteiger partial charge on any atom is -0.395 e. The summed E-state index contributed by atoms with van der Waals surface area (Å²) in [4.78, 5) is 2.22. The molecule has 0 bridgehead atoms. The quantitative estimate of drug-likeness (QED) is 0.801. The van der Waals surface area contributed by atoms with Gasteiger partial charge < -0.3 is 15.3 Å². The van der Waals surface area contributed by atoms with Gasteiger partial charge in [0.05, 0.1) is 12.3 Å². The molecule has 0 amide bonds. The van der Waals surface area contributed by atoms with Crippen molar-refractivity contribution in [2.45, 2.75) is 53.1 Å². The van der Waals surface area contributed by atoms with Crippen molar-refractivity contribution in [1.29, 1.82) is 0 Å². The molecule has 0 saturated heterocycles. The van der Waals surface area contributed by atoms with Crippen LogP contribution in [0.25, 0.3) is 0 Å². The summed E-state index contributed by atoms with van der Waals surface area (Å²) in [5.41, 5.74) is 2.36. The van der Waals surface area contributed by atoms with Crippen LogP contribution in [0.4, 0.5) is 5.82 Å². The Balaban J connectivity index is 3.03. The Bertz CT molecular complexity index is 414. The van der Waals surface area contributed by atoms with E-state index in [2.05, 4.69) is 43.0 Å². The summed E-state index contributed by atoms with van der Waals surface area (Å²) < 4.78 is 1.93. The zero-order valence-electron chi connectivity index (χ0n) is 13.8. The molecule has 116 valence electrons. The molecular formula is C15H30N4O. The van der Waals surface area contributed by atoms with E-state index in [1.807, 2.05) is 18.7 Å². The maximum Gasteiger partial charge on any atom is 0.131 e. The second-order valence-electron chi connectivity index (χ2n) is 6.33. The van der Waals surface area contributed by atoms with Gasteiger partial charge in [-0.3, -0.25) is 4.68 Å². The normalized spacial score (nSPS) is 11.9. The van der Waals surface area contributed by atoms with E-state index in [-0.39, 0.29) is 12.1 Å². The summed E-state index contributed by atoms with van der Waals surface area (Å²) >= 11 is 0. The number of nitrogens with zero attached hydrogens (tertiary/aromatic N) is 3. The molecule has 0 atom stereocenters. The Labute approximate surface area is 123 Å². The molecule has 1 heterocycles. The number of nitrogens with one attached hydrogen (secondary N) is 1. The number of anilines is 1. The molecule has 0 aliphatic heterocycles. The summed E-state index contributed by atoms with van der Waals surface area (Å²) in [5, 5.41) is 17.4. The lowest BCUT2D eigenvalue weighted by molar-refractivity contribution is 0.301. The predicted molar refractivity (Wildman–Crippen MR) is 84.1 cm³/mol. The molecule has 20 heavy (non-hydrogen) atoms. The van der Waals surface area contributed by atoms with E-state index in [1.165, 1.54) is 5.56 Å². The standard InChI is InChI=1S/C15H30N4O/c1-7-8-19(9-10-20)14-13(11-16-15(3,4)5)12(2)17-18(14)6/h16,20H,7-11H2,1-6H3. The second kappa shape index (κ2) is 7.09. The monoisotopic (exact) mass is 282 g/mol. The largest absolute Gasteiger partial charge is 0.395 e. The Hall–Kier alpha value is -1.07. The molecule has 0 unspecified atom stereocenters. The van der Waals surface area contributed by atoms with E-state index in [9.17, 15) is 5.11 Å². The first-order valence-electron chi connectivity index (χ1n) is 7.43. The Kier molecular flexibility index (Phi) is 6.02. The van der Waals surface area contributed by atoms with Crippen LogP contribution >= 0.6 is 0 Å². The maximum absolute atomic E-state index is 9.29. The van der Waals surface area contributed by atoms with Gasteiger partial charge in [-0.15, -0.1) is 0 Å². The van der Waals surface area contributed by atoms with Gasteiger partial charge in [-0.05, 0) is 34.1 Å². The van der Waals surface area contributed by atoms with Gasteiger partial charge in [0.1, 0.15) is 5.82 Å². The smallest absolute Gasteiger partial charge is 0.131 e. The van der Waals surface area contributed by atoms with Crippen molar-refractivity contribution in [1.82, 2.24) is 15.1 Å². The van der Waals surface area contributed by atoms with Crippen LogP contribution in [0.15, 0.2) is 0 Å². The van der Waals surface area contributed by atoms with Gasteiger partial charge in [-0.25, -0.2) is 0 Å². The van der Waals surface area contributed by atoms with E-state index in [0.29, 0.717) is 6.54 Å². The molecule has 0 fully saturated rings. The van der Waals surface area contributed by atoms with E-state index >= 15 is 0 Å². The highest BCUT2D eigenvalue weighted by atomic mass is 16.3. The highest BCUT2D eigenvalue weighted by molar-refractivity contribution is 5.50. The number of aliphatic hydroxyl groups is 1. The summed E-state index contributed by atoms with van der Waals surface area (Å²) in [7, 11) is 1.98. The van der Waals surface area contributed by atoms with E-state index in [0.717, 1.165) is 31.0 Å². The SMILES string of the molecule is CCCN(CCO)c1c(CNC(C)(C)C)c(C)nn1C. The third-order valence-corrected chi connectivity index (χ3v) is 3.27. The first-order valence-corrected chi connectivity index (χ1v) is 7.43. The predicted octanol–water partition coefficient (Wildman–Crippen LogP) is 1.83. The molecule has 1 rings (SSSR count). The van der Waals surface area contributed by atoms with Crippen LogP contribution in [0.3, 0.4) is 0 Å². The second-order valence-corrected chi connectivity index (χ2v) is 6.33. The molecule has 5 heteroatoms. The van der Waals surface area contributed by atoms with Crippen LogP contribution in [0.1, 0.15) is 45.4 Å². The zero-order valence-corrected chi connectivity index (χ0v) is 13.8. The van der Waals surface area contributed by atoms with Gasteiger partial charge in [-0.2, -0.15) is 5.10 Å². The molecule has 5 nitrogen and oxygen atoms in total. The molecule has 0 saturated carbocycles. The summed E-state index contributed by atoms with van der Waals surface area (Å²) in [6.07, 6.45) is 1.05. The fourth-order valence-electron chi connectivity index (χ4n) is 2.36. The van der Waals surface area contributed by atoms with Crippen LogP contribution in [0.5, 0.6) is 0 Å². The topological polar surface area (TPSA) is 53.3 Å². The molecule has 0 spiro atoms. The average molecular weight is 282 g/mol. The lowest BCUT2D eigenvalue weighted by Crippen LogP contribution is -2.36. The molecule has 1 aromatic heterocycles. The van der Waals surface area contributed by atoms with Crippen molar-refractivity contribution < 1.29 is 5.11 Å². The highest BCUT2D eigenvalue weighted by Crippen LogP contribution is 2.24. The van der Waals surface area contributed by atoms with Gasteiger partial charge in [0.15, 0.2) is 0 Å². The molecule has 0 aliphatic rings. The van der Waals surface area contributed by atoms with Crippen molar-refractivity contribution in [3.8, 4) is 0 Å². The Morgan fingerprint density at radius 2 is 1.95 bits per heavy atom. The molecule has 0 radical (unpaired) electrons. The highest BCUT2D eigenvalue weighted by Gasteiger charge is 2.20. The lowest BCUT2D eigenvalue weighted by Gasteiger charge is -2.26. The van der Waals surface area contributed by atoms with Gasteiger partial charge in [0.2, 0.25) is 0 Å². The molecular weight excluding hydrogens is 252 g/mol. The van der Waals surface area contributed by atoms with Crippen LogP contribution in [0.2, 0.25) is 0 Å². The number of aromatic nitrogens is 2. The fraction of sp³-hybridized carbons (Fsp3) is 0.800. The summed E-state index contributed by atoms with van der Waals surface area (Å²) in [5.74, 6) is 1.12. The van der Waals surface area contributed by atoms with Gasteiger partial charge in [0, 0.05) is 37.8 Å². The van der Waals surface area contributed by atoms with Crippen LogP contribution in [0, 0.1) is 6.92 Å². The Morgan fingerprint density at radius 1 is 1.30 bits per heavy atom. The fourth-order valence-corrected chi connectivity index (χ4v) is 2.36. The number of hydrogen-bond donors (Lipinski definition) is 2. The van der Waals surface area contributed by atoms with Crippen LogP contribution in [-0.4, -0.2) is 40.1 Å². The minimum absolute atomic E-state index is 0.0755. The van der Waals surface area contributed by atoms with E-state index in [4.69, 9.17) is 0 Å². The third kappa shape index (κ3) is 4.49. The number of aryl methyl sites for hydroxylation is 2. The molecule has 1 aromatic rings. The minimum atomic E-state index is 0.0755. The molecule has 0 aromatic carbocycles. The average Bonchev–Trinajstić information content (AvgIpc) is 2.60. The maximum atomic E-state index is 9.29. The van der Waals surface area contributed by atoms with Gasteiger partial charge in [0.25, 0.3) is 0 Å². The lowest BCUT2D eigenvalue weighted by atomic mass is 10.1. The van der Waals surface area contributed by atoms with E-state index in [1.54, 1.807) is 0 Å². The van der Waals surface area contributed by atoms with Gasteiger partial charge in [-0.1, -0.05) is 6.92 Å². The molecule has 0 aliphatic carbocycles. The van der Waals surface area contributed by atoms with E-state index < -0.39 is 0 Å². The third-order valence-electron chi connectivity index (χ3n) is 3.27. The summed E-state index contributed by atoms with van der Waals surface area (Å²) in [6.45, 7) is 13.2. The first-order chi connectivity index (χ1) is 9.30. The van der Waals surface area contributed by atoms with Crippen LogP contribution in [-0.2, 0) is 13.6 Å².